The number of aromatic nitrogens is 2. The topological polar surface area (TPSA) is 75.2 Å². The molecule has 3 heterocycles. The van der Waals surface area contributed by atoms with Crippen LogP contribution in [0.5, 0.6) is 0 Å². The van der Waals surface area contributed by atoms with E-state index in [2.05, 4.69) is 15.3 Å². The number of hydrogen-bond acceptors (Lipinski definition) is 4. The number of benzene rings is 1. The highest BCUT2D eigenvalue weighted by molar-refractivity contribution is 6.05. The third kappa shape index (κ3) is 4.60. The first-order valence-corrected chi connectivity index (χ1v) is 11.0. The zero-order valence-corrected chi connectivity index (χ0v) is 19.2. The molecule has 2 amide bonds. The SMILES string of the molecule is CCN1C(=O)CC(C)c2cc(-c3cc(NC(=O)c4ccnc(C(F)(F)F)c4F)ccc3C)cnc21. The Morgan fingerprint density at radius 1 is 1.20 bits per heavy atom. The number of hydrogen-bond donors (Lipinski definition) is 1. The summed E-state index contributed by atoms with van der Waals surface area (Å²) in [4.78, 5) is 34.1. The summed E-state index contributed by atoms with van der Waals surface area (Å²) in [5.74, 6) is -2.14. The molecule has 0 fully saturated rings. The van der Waals surface area contributed by atoms with Gasteiger partial charge in [-0.05, 0) is 60.7 Å². The summed E-state index contributed by atoms with van der Waals surface area (Å²) in [6, 6.07) is 7.81. The number of rotatable bonds is 4. The summed E-state index contributed by atoms with van der Waals surface area (Å²) in [5.41, 5.74) is 1.05. The first-order chi connectivity index (χ1) is 16.5. The molecule has 1 aliphatic rings. The molecule has 2 aromatic heterocycles. The van der Waals surface area contributed by atoms with Crippen molar-refractivity contribution in [3.8, 4) is 11.1 Å². The summed E-state index contributed by atoms with van der Waals surface area (Å²) in [5, 5.41) is 2.46. The third-order valence-corrected chi connectivity index (χ3v) is 5.99. The lowest BCUT2D eigenvalue weighted by atomic mass is 9.90. The van der Waals surface area contributed by atoms with E-state index in [1.54, 1.807) is 29.3 Å². The third-order valence-electron chi connectivity index (χ3n) is 5.99. The van der Waals surface area contributed by atoms with Crippen LogP contribution in [-0.4, -0.2) is 28.3 Å². The van der Waals surface area contributed by atoms with Gasteiger partial charge in [-0.3, -0.25) is 14.5 Å². The average molecular weight is 486 g/mol. The van der Waals surface area contributed by atoms with E-state index in [1.807, 2.05) is 26.8 Å². The fourth-order valence-corrected chi connectivity index (χ4v) is 4.16. The van der Waals surface area contributed by atoms with Crippen LogP contribution in [0.15, 0.2) is 42.7 Å². The van der Waals surface area contributed by atoms with Crippen LogP contribution >= 0.6 is 0 Å². The average Bonchev–Trinajstić information content (AvgIpc) is 2.79. The first-order valence-electron chi connectivity index (χ1n) is 11.0. The molecule has 1 aromatic carbocycles. The Bertz CT molecular complexity index is 1320. The number of pyridine rings is 2. The van der Waals surface area contributed by atoms with Crippen LogP contribution in [0.2, 0.25) is 0 Å². The number of amides is 2. The van der Waals surface area contributed by atoms with Crippen molar-refractivity contribution >= 4 is 23.3 Å². The molecule has 35 heavy (non-hydrogen) atoms. The van der Waals surface area contributed by atoms with Gasteiger partial charge < -0.3 is 5.32 Å². The van der Waals surface area contributed by atoms with Gasteiger partial charge in [-0.1, -0.05) is 13.0 Å². The van der Waals surface area contributed by atoms with Crippen LogP contribution in [0.25, 0.3) is 11.1 Å². The monoisotopic (exact) mass is 486 g/mol. The number of anilines is 2. The van der Waals surface area contributed by atoms with E-state index >= 15 is 0 Å². The van der Waals surface area contributed by atoms with Crippen molar-refractivity contribution in [2.45, 2.75) is 39.3 Å². The van der Waals surface area contributed by atoms with Gasteiger partial charge in [-0.15, -0.1) is 0 Å². The van der Waals surface area contributed by atoms with Crippen LogP contribution in [0, 0.1) is 12.7 Å². The van der Waals surface area contributed by atoms with E-state index in [-0.39, 0.29) is 17.5 Å². The summed E-state index contributed by atoms with van der Waals surface area (Å²) < 4.78 is 53.2. The van der Waals surface area contributed by atoms with Crippen molar-refractivity contribution in [1.29, 1.82) is 0 Å². The maximum absolute atomic E-state index is 14.3. The molecule has 1 atom stereocenters. The number of fused-ring (bicyclic) bond motifs is 1. The molecular weight excluding hydrogens is 464 g/mol. The minimum absolute atomic E-state index is 0.0191. The largest absolute Gasteiger partial charge is 0.436 e. The quantitative estimate of drug-likeness (QED) is 0.479. The van der Waals surface area contributed by atoms with E-state index in [0.29, 0.717) is 18.8 Å². The smallest absolute Gasteiger partial charge is 0.322 e. The standard InChI is InChI=1S/C25H22F4N4O2/c1-4-33-20(34)9-14(3)19-10-15(12-31-23(19)33)18-11-16(6-5-13(18)2)32-24(35)17-7-8-30-22(21(17)26)25(27,28)29/h5-8,10-12,14H,4,9H2,1-3H3,(H,32,35). The first kappa shape index (κ1) is 24.3. The summed E-state index contributed by atoms with van der Waals surface area (Å²) in [6.45, 7) is 6.21. The van der Waals surface area contributed by atoms with E-state index in [9.17, 15) is 27.2 Å². The number of nitrogens with zero attached hydrogens (tertiary/aromatic N) is 3. The van der Waals surface area contributed by atoms with Crippen molar-refractivity contribution in [1.82, 2.24) is 9.97 Å². The van der Waals surface area contributed by atoms with Crippen molar-refractivity contribution in [2.24, 2.45) is 0 Å². The Kier molecular flexibility index (Phi) is 6.31. The van der Waals surface area contributed by atoms with Gasteiger partial charge in [-0.2, -0.15) is 13.2 Å². The second kappa shape index (κ2) is 9.09. The van der Waals surface area contributed by atoms with Gasteiger partial charge in [0.2, 0.25) is 5.91 Å². The number of alkyl halides is 3. The summed E-state index contributed by atoms with van der Waals surface area (Å²) in [7, 11) is 0. The van der Waals surface area contributed by atoms with Gasteiger partial charge in [0.25, 0.3) is 5.91 Å². The predicted molar refractivity (Wildman–Crippen MR) is 123 cm³/mol. The zero-order valence-electron chi connectivity index (χ0n) is 19.2. The highest BCUT2D eigenvalue weighted by Crippen LogP contribution is 2.37. The number of carbonyl (C=O) groups excluding carboxylic acids is 2. The lowest BCUT2D eigenvalue weighted by Crippen LogP contribution is -2.36. The molecule has 4 rings (SSSR count). The second-order valence-corrected chi connectivity index (χ2v) is 8.38. The summed E-state index contributed by atoms with van der Waals surface area (Å²) in [6.07, 6.45) is -2.27. The highest BCUT2D eigenvalue weighted by Gasteiger charge is 2.38. The fraction of sp³-hybridized carbons (Fsp3) is 0.280. The number of aryl methyl sites for hydroxylation is 1. The molecule has 1 unspecified atom stereocenters. The van der Waals surface area contributed by atoms with Gasteiger partial charge in [0.1, 0.15) is 5.82 Å². The molecule has 1 N–H and O–H groups in total. The van der Waals surface area contributed by atoms with Crippen LogP contribution in [0.3, 0.4) is 0 Å². The normalized spacial score (nSPS) is 15.7. The van der Waals surface area contributed by atoms with E-state index in [1.165, 1.54) is 0 Å². The van der Waals surface area contributed by atoms with Crippen LogP contribution in [0.1, 0.15) is 53.4 Å². The van der Waals surface area contributed by atoms with Crippen molar-refractivity contribution < 1.29 is 27.2 Å². The fourth-order valence-electron chi connectivity index (χ4n) is 4.16. The molecule has 0 bridgehead atoms. The molecule has 1 aliphatic heterocycles. The van der Waals surface area contributed by atoms with Crippen molar-refractivity contribution in [2.75, 3.05) is 16.8 Å². The summed E-state index contributed by atoms with van der Waals surface area (Å²) >= 11 is 0. The molecule has 0 saturated heterocycles. The molecule has 10 heteroatoms. The Labute approximate surface area is 199 Å². The molecule has 0 radical (unpaired) electrons. The van der Waals surface area contributed by atoms with Crippen LogP contribution in [0.4, 0.5) is 29.1 Å². The van der Waals surface area contributed by atoms with Crippen LogP contribution < -0.4 is 10.2 Å². The van der Waals surface area contributed by atoms with Crippen molar-refractivity contribution in [3.05, 3.63) is 70.9 Å². The van der Waals surface area contributed by atoms with E-state index < -0.39 is 29.2 Å². The predicted octanol–water partition coefficient (Wildman–Crippen LogP) is 5.72. The molecule has 0 spiro atoms. The minimum atomic E-state index is -5.02. The minimum Gasteiger partial charge on any atom is -0.322 e. The molecular formula is C25H22F4N4O2. The lowest BCUT2D eigenvalue weighted by Gasteiger charge is -2.31. The zero-order chi connectivity index (χ0) is 25.5. The van der Waals surface area contributed by atoms with E-state index in [4.69, 9.17) is 0 Å². The number of carbonyl (C=O) groups is 2. The van der Waals surface area contributed by atoms with Crippen LogP contribution in [-0.2, 0) is 11.0 Å². The second-order valence-electron chi connectivity index (χ2n) is 8.38. The molecule has 3 aromatic rings. The highest BCUT2D eigenvalue weighted by atomic mass is 19.4. The van der Waals surface area contributed by atoms with Gasteiger partial charge in [-0.25, -0.2) is 14.4 Å². The Morgan fingerprint density at radius 3 is 2.63 bits per heavy atom. The van der Waals surface area contributed by atoms with Gasteiger partial charge >= 0.3 is 6.18 Å². The molecule has 0 saturated carbocycles. The Balaban J connectivity index is 1.67. The Morgan fingerprint density at radius 2 is 1.94 bits per heavy atom. The molecule has 182 valence electrons. The maximum atomic E-state index is 14.3. The Hall–Kier alpha value is -3.82. The van der Waals surface area contributed by atoms with Gasteiger partial charge in [0.05, 0.1) is 5.56 Å². The van der Waals surface area contributed by atoms with Gasteiger partial charge in [0.15, 0.2) is 11.5 Å². The number of halogens is 4. The lowest BCUT2D eigenvalue weighted by molar-refractivity contribution is -0.143. The maximum Gasteiger partial charge on any atom is 0.436 e. The number of nitrogens with one attached hydrogen (secondary N) is 1. The molecule has 6 nitrogen and oxygen atoms in total. The van der Waals surface area contributed by atoms with E-state index in [0.717, 1.165) is 34.5 Å². The molecule has 0 aliphatic carbocycles. The van der Waals surface area contributed by atoms with Gasteiger partial charge in [0, 0.05) is 36.6 Å². The van der Waals surface area contributed by atoms with Crippen molar-refractivity contribution in [3.63, 3.8) is 0 Å².